The van der Waals surface area contributed by atoms with Crippen molar-refractivity contribution in [1.82, 2.24) is 19.1 Å². The van der Waals surface area contributed by atoms with Gasteiger partial charge in [0, 0.05) is 49.9 Å². The molecule has 2 atom stereocenters. The molecular weight excluding hydrogens is 1030 g/mol. The van der Waals surface area contributed by atoms with Gasteiger partial charge in [-0.3, -0.25) is 18.7 Å². The van der Waals surface area contributed by atoms with Crippen LogP contribution in [-0.2, 0) is 53.2 Å². The van der Waals surface area contributed by atoms with Gasteiger partial charge in [-0.2, -0.15) is 0 Å². The van der Waals surface area contributed by atoms with E-state index in [0.717, 1.165) is 39.2 Å². The van der Waals surface area contributed by atoms with Gasteiger partial charge in [-0.25, -0.2) is 36.6 Å². The second-order valence-corrected chi connectivity index (χ2v) is 22.7. The van der Waals surface area contributed by atoms with E-state index in [-0.39, 0.29) is 54.0 Å². The number of benzene rings is 5. The van der Waals surface area contributed by atoms with E-state index in [1.165, 1.54) is 31.3 Å². The molecule has 2 aromatic heterocycles. The molecule has 5 aromatic carbocycles. The van der Waals surface area contributed by atoms with Crippen LogP contribution >= 0.6 is 62.3 Å². The molecule has 0 saturated heterocycles. The van der Waals surface area contributed by atoms with Crippen molar-refractivity contribution in [3.8, 4) is 11.1 Å². The standard InChI is InChI=1S/C26H21Cl2N3O3S.C20H16BrCl2N3O3S.CH4/c1-26(15-17-8-10-19(11-9-17)18-6-4-3-5-7-18)24(32)30(22-13-20(27)12-21(28)14-22)25-29-16-23(31(25)26)35(2,33)34;1-20(10-12-3-5-13(21)6-4-12)18(27)25(16-8-14(22)7-15(23)9-16)19-24-11-17(26(19)20)30(2,28)29;/h3-14,16H,15H2,1-2H3;3-9,11H,10H2,1-2H3;1H4/t26-;20-;/m11./s1. The molecule has 0 aliphatic carbocycles. The van der Waals surface area contributed by atoms with E-state index in [0.29, 0.717) is 31.5 Å². The normalized spacial score (nSPS) is 17.8. The molecule has 0 unspecified atom stereocenters. The predicted molar refractivity (Wildman–Crippen MR) is 265 cm³/mol. The zero-order valence-corrected chi connectivity index (χ0v) is 41.1. The Kier molecular flexibility index (Phi) is 13.5. The average molecular weight is 1070 g/mol. The summed E-state index contributed by atoms with van der Waals surface area (Å²) >= 11 is 28.1. The lowest BCUT2D eigenvalue weighted by atomic mass is 9.91. The smallest absolute Gasteiger partial charge is 0.260 e. The Morgan fingerprint density at radius 1 is 0.545 bits per heavy atom. The number of carbonyl (C=O) groups is 2. The molecule has 4 heterocycles. The highest BCUT2D eigenvalue weighted by molar-refractivity contribution is 9.10. The van der Waals surface area contributed by atoms with Crippen LogP contribution in [-0.4, -0.2) is 60.3 Å². The molecule has 342 valence electrons. The minimum Gasteiger partial charge on any atom is -0.285 e. The maximum Gasteiger partial charge on any atom is 0.260 e. The van der Waals surface area contributed by atoms with E-state index < -0.39 is 30.8 Å². The van der Waals surface area contributed by atoms with Crippen molar-refractivity contribution in [2.24, 2.45) is 0 Å². The van der Waals surface area contributed by atoms with Crippen LogP contribution in [0.5, 0.6) is 0 Å². The van der Waals surface area contributed by atoms with Crippen molar-refractivity contribution in [3.63, 3.8) is 0 Å². The topological polar surface area (TPSA) is 145 Å². The lowest BCUT2D eigenvalue weighted by molar-refractivity contribution is -0.124. The number of amides is 2. The van der Waals surface area contributed by atoms with Crippen LogP contribution in [0.15, 0.2) is 142 Å². The van der Waals surface area contributed by atoms with Crippen molar-refractivity contribution in [2.45, 2.75) is 55.2 Å². The van der Waals surface area contributed by atoms with Crippen molar-refractivity contribution >= 4 is 117 Å². The number of rotatable bonds is 9. The monoisotopic (exact) mass is 1070 g/mol. The zero-order valence-electron chi connectivity index (χ0n) is 34.9. The highest BCUT2D eigenvalue weighted by atomic mass is 79.9. The Morgan fingerprint density at radius 2 is 0.894 bits per heavy atom. The van der Waals surface area contributed by atoms with Crippen molar-refractivity contribution in [1.29, 1.82) is 0 Å². The van der Waals surface area contributed by atoms with Gasteiger partial charge in [-0.1, -0.05) is 136 Å². The number of sulfone groups is 2. The maximum absolute atomic E-state index is 13.9. The first-order valence-corrected chi connectivity index (χ1v) is 25.7. The van der Waals surface area contributed by atoms with Gasteiger partial charge < -0.3 is 0 Å². The molecule has 0 N–H and O–H groups in total. The highest BCUT2D eigenvalue weighted by Gasteiger charge is 2.53. The summed E-state index contributed by atoms with van der Waals surface area (Å²) in [7, 11) is -7.30. The van der Waals surface area contributed by atoms with E-state index in [2.05, 4.69) is 25.9 Å². The fraction of sp³-hybridized carbons (Fsp3) is 0.191. The summed E-state index contributed by atoms with van der Waals surface area (Å²) in [5.41, 5.74) is 2.27. The summed E-state index contributed by atoms with van der Waals surface area (Å²) in [4.78, 5) is 39.0. The maximum atomic E-state index is 13.9. The molecule has 9 rings (SSSR count). The Morgan fingerprint density at radius 3 is 1.26 bits per heavy atom. The molecule has 0 fully saturated rings. The molecule has 2 amide bonds. The molecule has 66 heavy (non-hydrogen) atoms. The second-order valence-electron chi connectivity index (χ2n) is 16.1. The lowest BCUT2D eigenvalue weighted by Crippen LogP contribution is -2.41. The van der Waals surface area contributed by atoms with Gasteiger partial charge >= 0.3 is 0 Å². The molecule has 2 aliphatic rings. The van der Waals surface area contributed by atoms with Crippen LogP contribution in [0, 0.1) is 0 Å². The van der Waals surface area contributed by atoms with E-state index in [4.69, 9.17) is 46.4 Å². The number of fused-ring (bicyclic) bond motifs is 2. The summed E-state index contributed by atoms with van der Waals surface area (Å²) in [5, 5.41) is 1.36. The van der Waals surface area contributed by atoms with E-state index in [9.17, 15) is 26.4 Å². The molecule has 0 saturated carbocycles. The second kappa shape index (κ2) is 18.2. The first kappa shape index (κ1) is 48.9. The average Bonchev–Trinajstić information content (AvgIpc) is 3.97. The molecular formula is C47H41BrCl4N6O6S2. The summed E-state index contributed by atoms with van der Waals surface area (Å²) in [6, 6.07) is 34.9. The minimum atomic E-state index is -3.67. The fourth-order valence-corrected chi connectivity index (χ4v) is 11.2. The Balaban J connectivity index is 0.000000196. The third-order valence-corrected chi connectivity index (χ3v) is 14.7. The van der Waals surface area contributed by atoms with E-state index in [1.807, 2.05) is 78.9 Å². The van der Waals surface area contributed by atoms with Crippen molar-refractivity contribution < 1.29 is 26.4 Å². The fourth-order valence-electron chi connectivity index (χ4n) is 8.23. The van der Waals surface area contributed by atoms with E-state index >= 15 is 0 Å². The third kappa shape index (κ3) is 9.18. The first-order chi connectivity index (χ1) is 30.6. The van der Waals surface area contributed by atoms with Gasteiger partial charge in [0.15, 0.2) is 29.7 Å². The number of carbonyl (C=O) groups excluding carboxylic acids is 2. The number of imidazole rings is 2. The molecule has 0 radical (unpaired) electrons. The molecule has 2 aliphatic heterocycles. The van der Waals surface area contributed by atoms with Crippen LogP contribution in [0.25, 0.3) is 11.1 Å². The molecule has 0 spiro atoms. The number of hydrogen-bond acceptors (Lipinski definition) is 8. The first-order valence-electron chi connectivity index (χ1n) is 19.7. The predicted octanol–water partition coefficient (Wildman–Crippen LogP) is 11.5. The molecule has 12 nitrogen and oxygen atoms in total. The molecule has 0 bridgehead atoms. The van der Waals surface area contributed by atoms with Gasteiger partial charge in [-0.15, -0.1) is 0 Å². The lowest BCUT2D eigenvalue weighted by Gasteiger charge is -2.26. The Labute approximate surface area is 411 Å². The zero-order chi connectivity index (χ0) is 46.8. The van der Waals surface area contributed by atoms with Gasteiger partial charge in [-0.05, 0) is 84.6 Å². The molecule has 19 heteroatoms. The number of hydrogen-bond donors (Lipinski definition) is 0. The van der Waals surface area contributed by atoms with Crippen molar-refractivity contribution in [2.75, 3.05) is 22.3 Å². The molecule has 7 aromatic rings. The van der Waals surface area contributed by atoms with Crippen LogP contribution in [0.1, 0.15) is 32.4 Å². The van der Waals surface area contributed by atoms with Crippen molar-refractivity contribution in [3.05, 3.63) is 163 Å². The van der Waals surface area contributed by atoms with Gasteiger partial charge in [0.1, 0.15) is 11.1 Å². The Bertz CT molecular complexity index is 3220. The number of anilines is 4. The van der Waals surface area contributed by atoms with E-state index in [1.54, 1.807) is 50.2 Å². The Hall–Kier alpha value is -5.00. The number of aromatic nitrogens is 4. The van der Waals surface area contributed by atoms with Gasteiger partial charge in [0.2, 0.25) is 11.9 Å². The van der Waals surface area contributed by atoms with Crippen LogP contribution in [0.2, 0.25) is 20.1 Å². The SMILES string of the molecule is C.C[C@@]1(Cc2ccc(-c3ccccc3)cc2)C(=O)N(c2cc(Cl)cc(Cl)c2)c2ncc(S(C)(=O)=O)n21.C[C@@]1(Cc2ccc(Br)cc2)C(=O)N(c2cc(Cl)cc(Cl)c2)c2ncc(S(C)(=O)=O)n21. The third-order valence-electron chi connectivity index (χ3n) is 11.2. The summed E-state index contributed by atoms with van der Waals surface area (Å²) in [6.07, 6.45) is 5.30. The number of nitrogens with zero attached hydrogens (tertiary/aromatic N) is 6. The summed E-state index contributed by atoms with van der Waals surface area (Å²) in [6.45, 7) is 3.44. The summed E-state index contributed by atoms with van der Waals surface area (Å²) < 4.78 is 54.1. The van der Waals surface area contributed by atoms with Crippen LogP contribution in [0.4, 0.5) is 23.3 Å². The quantitative estimate of drug-likeness (QED) is 0.139. The number of halogens is 5. The van der Waals surface area contributed by atoms with Gasteiger partial charge in [0.25, 0.3) is 11.8 Å². The van der Waals surface area contributed by atoms with Crippen LogP contribution in [0.3, 0.4) is 0 Å². The van der Waals surface area contributed by atoms with Gasteiger partial charge in [0.05, 0.1) is 23.8 Å². The highest BCUT2D eigenvalue weighted by Crippen LogP contribution is 2.46. The van der Waals surface area contributed by atoms with Crippen LogP contribution < -0.4 is 9.80 Å². The minimum absolute atomic E-state index is 0. The largest absolute Gasteiger partial charge is 0.285 e. The summed E-state index contributed by atoms with van der Waals surface area (Å²) in [5.74, 6) is -0.233.